The van der Waals surface area contributed by atoms with Gasteiger partial charge in [0.25, 0.3) is 10.0 Å². The van der Waals surface area contributed by atoms with E-state index in [-0.39, 0.29) is 21.7 Å². The number of nitrogens with zero attached hydrogens (tertiary/aromatic N) is 1. The van der Waals surface area contributed by atoms with Gasteiger partial charge >= 0.3 is 5.97 Å². The Morgan fingerprint density at radius 2 is 1.73 bits per heavy atom. The number of carbonyl (C=O) groups is 2. The molecule has 8 heteroatoms. The Labute approximate surface area is 217 Å². The molecule has 0 saturated heterocycles. The summed E-state index contributed by atoms with van der Waals surface area (Å²) in [5.74, 6) is -1.14. The minimum absolute atomic E-state index is 0.0380. The zero-order valence-corrected chi connectivity index (χ0v) is 22.3. The fourth-order valence-electron chi connectivity index (χ4n) is 4.61. The maximum atomic E-state index is 13.0. The van der Waals surface area contributed by atoms with Crippen molar-refractivity contribution in [2.24, 2.45) is 0 Å². The zero-order chi connectivity index (χ0) is 27.0. The minimum Gasteiger partial charge on any atom is -0.454 e. The van der Waals surface area contributed by atoms with Gasteiger partial charge in [-0.05, 0) is 60.9 Å². The predicted molar refractivity (Wildman–Crippen MR) is 144 cm³/mol. The summed E-state index contributed by atoms with van der Waals surface area (Å²) in [6.45, 7) is 7.13. The molecule has 1 aliphatic heterocycles. The van der Waals surface area contributed by atoms with Gasteiger partial charge in [0, 0.05) is 35.6 Å². The summed E-state index contributed by atoms with van der Waals surface area (Å²) in [5, 5.41) is 0. The van der Waals surface area contributed by atoms with E-state index in [0.29, 0.717) is 11.3 Å². The highest BCUT2D eigenvalue weighted by Crippen LogP contribution is 2.46. The fourth-order valence-corrected chi connectivity index (χ4v) is 5.93. The van der Waals surface area contributed by atoms with E-state index in [1.165, 1.54) is 18.2 Å². The summed E-state index contributed by atoms with van der Waals surface area (Å²) in [7, 11) is -2.05. The van der Waals surface area contributed by atoms with Crippen LogP contribution in [0.2, 0.25) is 0 Å². The van der Waals surface area contributed by atoms with Crippen LogP contribution in [0.5, 0.6) is 0 Å². The number of carbonyl (C=O) groups excluding carboxylic acids is 2. The first kappa shape index (κ1) is 26.2. The van der Waals surface area contributed by atoms with Gasteiger partial charge in [-0.2, -0.15) is 0 Å². The quantitative estimate of drug-likeness (QED) is 0.344. The number of hydrogen-bond donors (Lipinski definition) is 1. The largest absolute Gasteiger partial charge is 0.454 e. The predicted octanol–water partition coefficient (Wildman–Crippen LogP) is 5.14. The fraction of sp³-hybridized carbons (Fsp3) is 0.241. The summed E-state index contributed by atoms with van der Waals surface area (Å²) < 4.78 is 33.8. The van der Waals surface area contributed by atoms with E-state index >= 15 is 0 Å². The van der Waals surface area contributed by atoms with Crippen LogP contribution < -0.4 is 9.62 Å². The molecule has 3 aromatic carbocycles. The SMILES string of the molecule is Cc1cccc(NS(=O)(=O)c2cc(C(=O)OCC(=O)C=C3N(C)c4ccccc4C3(C)C)ccc2C)c1. The van der Waals surface area contributed by atoms with Gasteiger partial charge in [-0.25, -0.2) is 13.2 Å². The number of nitrogens with one attached hydrogen (secondary N) is 1. The van der Waals surface area contributed by atoms with Crippen LogP contribution in [-0.4, -0.2) is 33.8 Å². The number of rotatable bonds is 7. The van der Waals surface area contributed by atoms with E-state index in [1.807, 2.05) is 63.1 Å². The smallest absolute Gasteiger partial charge is 0.338 e. The van der Waals surface area contributed by atoms with E-state index < -0.39 is 22.6 Å². The third kappa shape index (κ3) is 5.29. The van der Waals surface area contributed by atoms with Crippen LogP contribution in [0, 0.1) is 13.8 Å². The summed E-state index contributed by atoms with van der Waals surface area (Å²) in [6.07, 6.45) is 1.50. The number of anilines is 2. The number of hydrogen-bond acceptors (Lipinski definition) is 6. The number of benzene rings is 3. The Hall–Kier alpha value is -3.91. The normalized spacial score (nSPS) is 15.4. The highest BCUT2D eigenvalue weighted by atomic mass is 32.2. The molecule has 0 unspecified atom stereocenters. The number of fused-ring (bicyclic) bond motifs is 1. The van der Waals surface area contributed by atoms with E-state index in [2.05, 4.69) is 4.72 Å². The average molecular weight is 519 g/mol. The molecule has 1 aliphatic rings. The lowest BCUT2D eigenvalue weighted by Gasteiger charge is -2.23. The molecule has 1 N–H and O–H groups in total. The number of likely N-dealkylation sites (N-methyl/N-ethyl adjacent to an activating group) is 1. The van der Waals surface area contributed by atoms with Crippen LogP contribution in [0.4, 0.5) is 11.4 Å². The van der Waals surface area contributed by atoms with E-state index in [9.17, 15) is 18.0 Å². The summed E-state index contributed by atoms with van der Waals surface area (Å²) in [4.78, 5) is 27.4. The topological polar surface area (TPSA) is 92.8 Å². The van der Waals surface area contributed by atoms with Crippen LogP contribution in [0.25, 0.3) is 0 Å². The highest BCUT2D eigenvalue weighted by Gasteiger charge is 2.38. The van der Waals surface area contributed by atoms with Crippen molar-refractivity contribution >= 4 is 33.2 Å². The summed E-state index contributed by atoms with van der Waals surface area (Å²) >= 11 is 0. The standard InChI is InChI=1S/C29H30N2O5S/c1-19-9-8-10-22(15-19)30-37(34,35)26-16-21(14-13-20(26)2)28(33)36-18-23(32)17-27-29(3,4)24-11-6-7-12-25(24)31(27)5/h6-17,30H,18H2,1-5H3. The lowest BCUT2D eigenvalue weighted by atomic mass is 9.83. The molecule has 0 aromatic heterocycles. The second-order valence-corrected chi connectivity index (χ2v) is 11.4. The van der Waals surface area contributed by atoms with E-state index in [0.717, 1.165) is 22.5 Å². The number of esters is 1. The molecule has 1 heterocycles. The molecule has 0 saturated carbocycles. The lowest BCUT2D eigenvalue weighted by molar-refractivity contribution is -0.117. The van der Waals surface area contributed by atoms with Crippen molar-refractivity contribution in [2.75, 3.05) is 23.3 Å². The van der Waals surface area contributed by atoms with Gasteiger partial charge in [0.15, 0.2) is 12.4 Å². The van der Waals surface area contributed by atoms with Crippen molar-refractivity contribution in [2.45, 2.75) is 38.0 Å². The second-order valence-electron chi connectivity index (χ2n) is 9.73. The molecule has 0 amide bonds. The number of ether oxygens (including phenoxy) is 1. The molecular formula is C29H30N2O5S. The average Bonchev–Trinajstić information content (AvgIpc) is 3.03. The molecule has 4 rings (SSSR count). The van der Waals surface area contributed by atoms with E-state index in [1.54, 1.807) is 31.2 Å². The van der Waals surface area contributed by atoms with Gasteiger partial charge in [-0.15, -0.1) is 0 Å². The molecule has 37 heavy (non-hydrogen) atoms. The van der Waals surface area contributed by atoms with Crippen LogP contribution in [0.15, 0.2) is 83.4 Å². The van der Waals surface area contributed by atoms with Crippen LogP contribution in [0.3, 0.4) is 0 Å². The molecule has 0 spiro atoms. The Balaban J connectivity index is 1.48. The summed E-state index contributed by atoms with van der Waals surface area (Å²) in [5.41, 5.74) is 4.41. The third-order valence-electron chi connectivity index (χ3n) is 6.57. The Bertz CT molecular complexity index is 1520. The highest BCUT2D eigenvalue weighted by molar-refractivity contribution is 7.92. The molecule has 7 nitrogen and oxygen atoms in total. The van der Waals surface area contributed by atoms with Gasteiger partial charge < -0.3 is 9.64 Å². The van der Waals surface area contributed by atoms with Crippen LogP contribution >= 0.6 is 0 Å². The van der Waals surface area contributed by atoms with Crippen LogP contribution in [0.1, 0.15) is 40.9 Å². The molecule has 0 aliphatic carbocycles. The number of sulfonamides is 1. The molecule has 0 atom stereocenters. The van der Waals surface area contributed by atoms with Gasteiger partial charge in [-0.1, -0.05) is 50.2 Å². The maximum absolute atomic E-state index is 13.0. The van der Waals surface area contributed by atoms with Crippen molar-refractivity contribution in [3.05, 3.63) is 101 Å². The first-order chi connectivity index (χ1) is 17.4. The van der Waals surface area contributed by atoms with Crippen molar-refractivity contribution in [1.82, 2.24) is 0 Å². The monoisotopic (exact) mass is 518 g/mol. The molecular weight excluding hydrogens is 488 g/mol. The first-order valence-electron chi connectivity index (χ1n) is 11.9. The van der Waals surface area contributed by atoms with Crippen molar-refractivity contribution in [3.63, 3.8) is 0 Å². The Morgan fingerprint density at radius 1 is 1.00 bits per heavy atom. The molecule has 0 radical (unpaired) electrons. The molecule has 0 bridgehead atoms. The zero-order valence-electron chi connectivity index (χ0n) is 21.5. The molecule has 3 aromatic rings. The first-order valence-corrected chi connectivity index (χ1v) is 13.3. The Morgan fingerprint density at radius 3 is 2.43 bits per heavy atom. The molecule has 0 fully saturated rings. The molecule has 192 valence electrons. The number of ketones is 1. The third-order valence-corrected chi connectivity index (χ3v) is 8.09. The van der Waals surface area contributed by atoms with Crippen molar-refractivity contribution in [1.29, 1.82) is 0 Å². The van der Waals surface area contributed by atoms with Gasteiger partial charge in [0.1, 0.15) is 0 Å². The Kier molecular flexibility index (Phi) is 6.97. The van der Waals surface area contributed by atoms with E-state index in [4.69, 9.17) is 4.74 Å². The van der Waals surface area contributed by atoms with Gasteiger partial charge in [0.2, 0.25) is 0 Å². The summed E-state index contributed by atoms with van der Waals surface area (Å²) in [6, 6.07) is 19.2. The number of para-hydroxylation sites is 1. The van der Waals surface area contributed by atoms with Gasteiger partial charge in [-0.3, -0.25) is 9.52 Å². The van der Waals surface area contributed by atoms with Crippen molar-refractivity contribution in [3.8, 4) is 0 Å². The lowest BCUT2D eigenvalue weighted by Crippen LogP contribution is -2.25. The van der Waals surface area contributed by atoms with Crippen molar-refractivity contribution < 1.29 is 22.7 Å². The van der Waals surface area contributed by atoms with Gasteiger partial charge in [0.05, 0.1) is 10.5 Å². The minimum atomic E-state index is -3.95. The van der Waals surface area contributed by atoms with Crippen LogP contribution in [-0.2, 0) is 25.0 Å². The number of allylic oxidation sites excluding steroid dienone is 1. The number of aryl methyl sites for hydroxylation is 2. The second kappa shape index (κ2) is 9.86. The maximum Gasteiger partial charge on any atom is 0.338 e.